The number of hydrogen-bond donors (Lipinski definition) is 1. The number of likely N-dealkylation sites (tertiary alicyclic amines) is 1. The van der Waals surface area contributed by atoms with Crippen LogP contribution in [0.2, 0.25) is 0 Å². The van der Waals surface area contributed by atoms with E-state index in [0.29, 0.717) is 18.6 Å². The van der Waals surface area contributed by atoms with Gasteiger partial charge in [-0.2, -0.15) is 0 Å². The van der Waals surface area contributed by atoms with Crippen molar-refractivity contribution < 1.29 is 9.53 Å². The topological polar surface area (TPSA) is 58.2 Å². The molecular formula is C24H22BrN3O2. The standard InChI is InChI=1S/C24H22BrN3O2/c25-17-7-8-18-15(10-17)6-9-19-22(18)27-23(26-19)21-12-16-11-20(16)28(21)24(29)30-13-14-4-2-1-3-5-14/h1-5,7-8,10,16,20-21H,6,9,11-13H2,(H,26,27)/t16-,20?,21+/m1/s1. The van der Waals surface area contributed by atoms with Gasteiger partial charge in [-0.3, -0.25) is 4.90 Å². The van der Waals surface area contributed by atoms with Crippen molar-refractivity contribution in [1.82, 2.24) is 14.9 Å². The van der Waals surface area contributed by atoms with Crippen molar-refractivity contribution in [3.8, 4) is 11.3 Å². The van der Waals surface area contributed by atoms with E-state index >= 15 is 0 Å². The maximum atomic E-state index is 13.0. The quantitative estimate of drug-likeness (QED) is 0.564. The zero-order valence-electron chi connectivity index (χ0n) is 16.5. The number of benzene rings is 2. The summed E-state index contributed by atoms with van der Waals surface area (Å²) in [7, 11) is 0. The van der Waals surface area contributed by atoms with Crippen LogP contribution >= 0.6 is 15.9 Å². The minimum absolute atomic E-state index is 0.0264. The number of ether oxygens (including phenoxy) is 1. The summed E-state index contributed by atoms with van der Waals surface area (Å²) < 4.78 is 6.77. The number of hydrogen-bond acceptors (Lipinski definition) is 3. The van der Waals surface area contributed by atoms with Crippen LogP contribution in [0.5, 0.6) is 0 Å². The van der Waals surface area contributed by atoms with E-state index in [1.807, 2.05) is 35.2 Å². The molecule has 1 N–H and O–H groups in total. The van der Waals surface area contributed by atoms with E-state index < -0.39 is 0 Å². The first-order chi connectivity index (χ1) is 14.7. The smallest absolute Gasteiger partial charge is 0.410 e. The molecule has 2 aliphatic carbocycles. The number of H-pyrrole nitrogens is 1. The predicted octanol–water partition coefficient (Wildman–Crippen LogP) is 5.41. The highest BCUT2D eigenvalue weighted by Gasteiger charge is 2.56. The number of aromatic nitrogens is 2. The summed E-state index contributed by atoms with van der Waals surface area (Å²) in [5, 5.41) is 0. The van der Waals surface area contributed by atoms with Gasteiger partial charge in [0.15, 0.2) is 0 Å². The summed E-state index contributed by atoms with van der Waals surface area (Å²) in [6.07, 6.45) is 3.76. The Labute approximate surface area is 183 Å². The number of amides is 1. The summed E-state index contributed by atoms with van der Waals surface area (Å²) in [6.45, 7) is 0.303. The van der Waals surface area contributed by atoms with Crippen LogP contribution in [-0.4, -0.2) is 27.0 Å². The minimum Gasteiger partial charge on any atom is -0.445 e. The average molecular weight is 464 g/mol. The molecule has 1 aromatic heterocycles. The molecule has 0 radical (unpaired) electrons. The van der Waals surface area contributed by atoms with Gasteiger partial charge in [0, 0.05) is 21.8 Å². The van der Waals surface area contributed by atoms with Crippen LogP contribution in [-0.2, 0) is 24.2 Å². The lowest BCUT2D eigenvalue weighted by Gasteiger charge is -2.25. The molecule has 3 aliphatic rings. The van der Waals surface area contributed by atoms with Gasteiger partial charge in [0.2, 0.25) is 0 Å². The van der Waals surface area contributed by atoms with Crippen molar-refractivity contribution in [2.75, 3.05) is 0 Å². The maximum absolute atomic E-state index is 13.0. The zero-order chi connectivity index (χ0) is 20.2. The largest absolute Gasteiger partial charge is 0.445 e. The number of imidazole rings is 1. The number of halogens is 1. The molecular weight excluding hydrogens is 442 g/mol. The van der Waals surface area contributed by atoms with E-state index in [0.717, 1.165) is 47.2 Å². The molecule has 6 rings (SSSR count). The maximum Gasteiger partial charge on any atom is 0.410 e. The van der Waals surface area contributed by atoms with Gasteiger partial charge in [0.05, 0.1) is 11.7 Å². The fraction of sp³-hybridized carbons (Fsp3) is 0.333. The number of carbonyl (C=O) groups excluding carboxylic acids is 1. The molecule has 2 fully saturated rings. The Hall–Kier alpha value is -2.60. The first kappa shape index (κ1) is 18.2. The number of aromatic amines is 1. The van der Waals surface area contributed by atoms with Gasteiger partial charge in [-0.1, -0.05) is 52.3 Å². The lowest BCUT2D eigenvalue weighted by Crippen LogP contribution is -2.34. The third-order valence-corrected chi connectivity index (χ3v) is 7.09. The Balaban J connectivity index is 1.26. The van der Waals surface area contributed by atoms with Gasteiger partial charge in [-0.25, -0.2) is 9.78 Å². The van der Waals surface area contributed by atoms with Crippen molar-refractivity contribution in [2.45, 2.75) is 44.4 Å². The minimum atomic E-state index is -0.229. The number of piperidine rings is 1. The number of nitrogens with zero attached hydrogens (tertiary/aromatic N) is 2. The van der Waals surface area contributed by atoms with Crippen molar-refractivity contribution in [3.63, 3.8) is 0 Å². The lowest BCUT2D eigenvalue weighted by molar-refractivity contribution is 0.0833. The second-order valence-electron chi connectivity index (χ2n) is 8.51. The van der Waals surface area contributed by atoms with Crippen LogP contribution in [0.25, 0.3) is 11.3 Å². The van der Waals surface area contributed by atoms with Crippen LogP contribution in [0.4, 0.5) is 4.79 Å². The summed E-state index contributed by atoms with van der Waals surface area (Å²) >= 11 is 3.57. The Morgan fingerprint density at radius 1 is 1.17 bits per heavy atom. The zero-order valence-corrected chi connectivity index (χ0v) is 18.1. The molecule has 5 nitrogen and oxygen atoms in total. The number of aryl methyl sites for hydroxylation is 2. The van der Waals surface area contributed by atoms with Crippen LogP contribution in [0.3, 0.4) is 0 Å². The van der Waals surface area contributed by atoms with Crippen molar-refractivity contribution in [3.05, 3.63) is 75.6 Å². The number of nitrogens with one attached hydrogen (secondary N) is 1. The van der Waals surface area contributed by atoms with Crippen LogP contribution in [0, 0.1) is 5.92 Å². The van der Waals surface area contributed by atoms with E-state index in [-0.39, 0.29) is 12.1 Å². The number of fused-ring (bicyclic) bond motifs is 4. The Bertz CT molecular complexity index is 1130. The molecule has 30 heavy (non-hydrogen) atoms. The molecule has 1 amide bonds. The van der Waals surface area contributed by atoms with Gasteiger partial charge in [0.1, 0.15) is 12.4 Å². The first-order valence-corrected chi connectivity index (χ1v) is 11.3. The predicted molar refractivity (Wildman–Crippen MR) is 117 cm³/mol. The van der Waals surface area contributed by atoms with E-state index in [9.17, 15) is 4.79 Å². The SMILES string of the molecule is O=C(OCc1ccccc1)N1C2C[C@@H]2C[C@H]1c1nc2c([nH]1)CCc1cc(Br)ccc1-2. The summed E-state index contributed by atoms with van der Waals surface area (Å²) in [5.74, 6) is 1.48. The van der Waals surface area contributed by atoms with Crippen molar-refractivity contribution >= 4 is 22.0 Å². The summed E-state index contributed by atoms with van der Waals surface area (Å²) in [5.41, 5.74) is 5.74. The summed E-state index contributed by atoms with van der Waals surface area (Å²) in [6, 6.07) is 16.5. The fourth-order valence-electron chi connectivity index (χ4n) is 5.01. The third-order valence-electron chi connectivity index (χ3n) is 6.60. The molecule has 152 valence electrons. The molecule has 2 aromatic carbocycles. The highest BCUT2D eigenvalue weighted by Crippen LogP contribution is 2.53. The first-order valence-electron chi connectivity index (χ1n) is 10.5. The monoisotopic (exact) mass is 463 g/mol. The van der Waals surface area contributed by atoms with Gasteiger partial charge >= 0.3 is 6.09 Å². The van der Waals surface area contributed by atoms with Gasteiger partial charge < -0.3 is 9.72 Å². The third kappa shape index (κ3) is 3.05. The normalized spacial score (nSPS) is 23.5. The molecule has 1 aliphatic heterocycles. The lowest BCUT2D eigenvalue weighted by atomic mass is 9.92. The fourth-order valence-corrected chi connectivity index (χ4v) is 5.42. The second-order valence-corrected chi connectivity index (χ2v) is 9.43. The van der Waals surface area contributed by atoms with Crippen LogP contribution in [0.1, 0.15) is 41.5 Å². The van der Waals surface area contributed by atoms with E-state index in [1.54, 1.807) is 0 Å². The van der Waals surface area contributed by atoms with Gasteiger partial charge in [-0.15, -0.1) is 0 Å². The molecule has 0 bridgehead atoms. The number of rotatable bonds is 3. The summed E-state index contributed by atoms with van der Waals surface area (Å²) in [4.78, 5) is 23.5. The molecule has 1 unspecified atom stereocenters. The number of carbonyl (C=O) groups is 1. The Kier molecular flexibility index (Phi) is 4.23. The van der Waals surface area contributed by atoms with Crippen LogP contribution in [0.15, 0.2) is 53.0 Å². The van der Waals surface area contributed by atoms with Crippen molar-refractivity contribution in [1.29, 1.82) is 0 Å². The molecule has 0 spiro atoms. The Morgan fingerprint density at radius 2 is 2.03 bits per heavy atom. The second kappa shape index (κ2) is 6.98. The molecule has 1 saturated heterocycles. The van der Waals surface area contributed by atoms with Gasteiger partial charge in [0.25, 0.3) is 0 Å². The van der Waals surface area contributed by atoms with E-state index in [4.69, 9.17) is 9.72 Å². The molecule has 3 aromatic rings. The van der Waals surface area contributed by atoms with Gasteiger partial charge in [-0.05, 0) is 54.9 Å². The van der Waals surface area contributed by atoms with E-state index in [1.165, 1.54) is 16.8 Å². The molecule has 6 heteroatoms. The highest BCUT2D eigenvalue weighted by molar-refractivity contribution is 9.10. The molecule has 2 heterocycles. The van der Waals surface area contributed by atoms with E-state index in [2.05, 4.69) is 39.1 Å². The van der Waals surface area contributed by atoms with Crippen molar-refractivity contribution in [2.24, 2.45) is 5.92 Å². The average Bonchev–Trinajstić information content (AvgIpc) is 3.21. The Morgan fingerprint density at radius 3 is 2.90 bits per heavy atom. The highest BCUT2D eigenvalue weighted by atomic mass is 79.9. The molecule has 3 atom stereocenters. The van der Waals surface area contributed by atoms with Crippen LogP contribution < -0.4 is 0 Å². The molecule has 1 saturated carbocycles.